The van der Waals surface area contributed by atoms with Gasteiger partial charge in [-0.15, -0.1) is 0 Å². The normalized spacial score (nSPS) is 11.8. The van der Waals surface area contributed by atoms with Crippen LogP contribution < -0.4 is 16.0 Å². The van der Waals surface area contributed by atoms with Crippen LogP contribution in [0.3, 0.4) is 0 Å². The molecule has 10 nitrogen and oxygen atoms in total. The first-order valence-electron chi connectivity index (χ1n) is 11.0. The lowest BCUT2D eigenvalue weighted by Gasteiger charge is -2.19. The van der Waals surface area contributed by atoms with Crippen molar-refractivity contribution in [1.29, 1.82) is 0 Å². The Morgan fingerprint density at radius 3 is 2.40 bits per heavy atom. The molecule has 0 amide bonds. The quantitative estimate of drug-likeness (QED) is 0.380. The Hall–Kier alpha value is -3.67. The van der Waals surface area contributed by atoms with Gasteiger partial charge in [-0.2, -0.15) is 0 Å². The minimum Gasteiger partial charge on any atom is -0.383 e. The molecule has 4 rings (SSSR count). The van der Waals surface area contributed by atoms with Crippen molar-refractivity contribution in [2.75, 3.05) is 51.9 Å². The molecule has 0 saturated carbocycles. The van der Waals surface area contributed by atoms with Crippen molar-refractivity contribution in [3.63, 3.8) is 0 Å². The van der Waals surface area contributed by atoms with Crippen LogP contribution in [0.5, 0.6) is 0 Å². The van der Waals surface area contributed by atoms with Crippen LogP contribution in [-0.4, -0.2) is 73.9 Å². The van der Waals surface area contributed by atoms with Crippen LogP contribution in [0.25, 0.3) is 33.3 Å². The molecule has 0 aliphatic heterocycles. The van der Waals surface area contributed by atoms with E-state index in [9.17, 15) is 8.42 Å². The third-order valence-electron chi connectivity index (χ3n) is 5.65. The summed E-state index contributed by atoms with van der Waals surface area (Å²) in [5.41, 5.74) is 9.74. The van der Waals surface area contributed by atoms with Crippen LogP contribution in [-0.2, 0) is 10.0 Å². The van der Waals surface area contributed by atoms with E-state index in [1.807, 2.05) is 49.3 Å². The van der Waals surface area contributed by atoms with Crippen LogP contribution in [0, 0.1) is 0 Å². The second-order valence-electron chi connectivity index (χ2n) is 8.26. The third-order valence-corrected chi connectivity index (χ3v) is 7.49. The Balaban J connectivity index is 1.89. The number of pyridine rings is 2. The van der Waals surface area contributed by atoms with Gasteiger partial charge in [-0.1, -0.05) is 6.07 Å². The first-order chi connectivity index (χ1) is 16.7. The van der Waals surface area contributed by atoms with Gasteiger partial charge in [0.2, 0.25) is 16.0 Å². The van der Waals surface area contributed by atoms with Gasteiger partial charge >= 0.3 is 0 Å². The molecule has 0 radical (unpaired) electrons. The molecule has 35 heavy (non-hydrogen) atoms. The van der Waals surface area contributed by atoms with E-state index in [-0.39, 0.29) is 10.7 Å². The maximum atomic E-state index is 12.7. The highest BCUT2D eigenvalue weighted by molar-refractivity contribution is 7.89. The molecule has 3 N–H and O–H groups in total. The second-order valence-corrected chi connectivity index (χ2v) is 10.4. The number of benzene rings is 1. The van der Waals surface area contributed by atoms with Crippen molar-refractivity contribution in [2.24, 2.45) is 0 Å². The predicted molar refractivity (Wildman–Crippen MR) is 138 cm³/mol. The smallest absolute Gasteiger partial charge is 0.246 e. The van der Waals surface area contributed by atoms with Crippen molar-refractivity contribution in [3.05, 3.63) is 55.0 Å². The molecular formula is C24H28N8O2S. The molecule has 4 aromatic rings. The molecule has 182 valence electrons. The monoisotopic (exact) mass is 492 g/mol. The minimum absolute atomic E-state index is 0.0350. The van der Waals surface area contributed by atoms with Gasteiger partial charge in [0.05, 0.1) is 11.2 Å². The summed E-state index contributed by atoms with van der Waals surface area (Å²) in [5, 5.41) is 3.96. The largest absolute Gasteiger partial charge is 0.383 e. The number of nitrogens with two attached hydrogens (primary N) is 1. The van der Waals surface area contributed by atoms with Crippen LogP contribution in [0.15, 0.2) is 59.9 Å². The number of anilines is 2. The van der Waals surface area contributed by atoms with Crippen molar-refractivity contribution < 1.29 is 8.42 Å². The summed E-state index contributed by atoms with van der Waals surface area (Å²) in [4.78, 5) is 19.9. The van der Waals surface area contributed by atoms with E-state index < -0.39 is 10.0 Å². The second kappa shape index (κ2) is 9.90. The first-order valence-corrected chi connectivity index (χ1v) is 12.4. The van der Waals surface area contributed by atoms with Gasteiger partial charge in [0.25, 0.3) is 0 Å². The van der Waals surface area contributed by atoms with E-state index in [0.29, 0.717) is 11.5 Å². The first kappa shape index (κ1) is 24.5. The molecule has 0 unspecified atom stereocenters. The summed E-state index contributed by atoms with van der Waals surface area (Å²) >= 11 is 0. The standard InChI is InChI=1S/C24H28N8O2S/c1-26-11-12-32(4)24-29-20-6-5-17(13-19(20)22(30-24)16-7-9-27-10-8-16)18-14-21(23(25)28-15-18)35(33,34)31(2)3/h5-10,13-15,26H,11-12H2,1-4H3,(H2,25,28). The number of hydrogen-bond donors (Lipinski definition) is 2. The van der Waals surface area contributed by atoms with E-state index in [1.54, 1.807) is 24.7 Å². The maximum Gasteiger partial charge on any atom is 0.246 e. The molecule has 0 atom stereocenters. The van der Waals surface area contributed by atoms with Gasteiger partial charge in [0, 0.05) is 69.3 Å². The fourth-order valence-electron chi connectivity index (χ4n) is 3.59. The molecule has 0 aliphatic rings. The zero-order valence-electron chi connectivity index (χ0n) is 20.1. The molecule has 11 heteroatoms. The van der Waals surface area contributed by atoms with Crippen LogP contribution in [0.4, 0.5) is 11.8 Å². The SMILES string of the molecule is CNCCN(C)c1nc(-c2ccncc2)c2cc(-c3cnc(N)c(S(=O)(=O)N(C)C)c3)ccc2n1. The third kappa shape index (κ3) is 4.92. The van der Waals surface area contributed by atoms with Crippen molar-refractivity contribution in [3.8, 4) is 22.4 Å². The zero-order chi connectivity index (χ0) is 25.2. The number of likely N-dealkylation sites (N-methyl/N-ethyl adjacent to an activating group) is 2. The summed E-state index contributed by atoms with van der Waals surface area (Å²) in [6.45, 7) is 1.54. The number of nitrogen functional groups attached to an aromatic ring is 1. The Morgan fingerprint density at radius 1 is 0.971 bits per heavy atom. The predicted octanol–water partition coefficient (Wildman–Crippen LogP) is 2.24. The van der Waals surface area contributed by atoms with Crippen molar-refractivity contribution in [1.82, 2.24) is 29.6 Å². The maximum absolute atomic E-state index is 12.7. The lowest BCUT2D eigenvalue weighted by molar-refractivity contribution is 0.521. The highest BCUT2D eigenvalue weighted by Gasteiger charge is 2.22. The lowest BCUT2D eigenvalue weighted by Crippen LogP contribution is -2.28. The van der Waals surface area contributed by atoms with Crippen LogP contribution in [0.2, 0.25) is 0 Å². The molecule has 0 aliphatic carbocycles. The number of rotatable bonds is 8. The molecule has 0 saturated heterocycles. The topological polar surface area (TPSA) is 130 Å². The van der Waals surface area contributed by atoms with Gasteiger partial charge < -0.3 is 16.0 Å². The summed E-state index contributed by atoms with van der Waals surface area (Å²) in [6, 6.07) is 11.1. The van der Waals surface area contributed by atoms with Crippen molar-refractivity contribution >= 4 is 32.7 Å². The molecule has 3 heterocycles. The van der Waals surface area contributed by atoms with E-state index in [4.69, 9.17) is 15.7 Å². The van der Waals surface area contributed by atoms with Gasteiger partial charge in [-0.05, 0) is 42.9 Å². The fourth-order valence-corrected chi connectivity index (χ4v) is 4.58. The molecule has 1 aromatic carbocycles. The zero-order valence-corrected chi connectivity index (χ0v) is 20.9. The average molecular weight is 493 g/mol. The summed E-state index contributed by atoms with van der Waals surface area (Å²) < 4.78 is 26.6. The molecule has 0 fully saturated rings. The summed E-state index contributed by atoms with van der Waals surface area (Å²) in [6.07, 6.45) is 5.01. The van der Waals surface area contributed by atoms with Crippen molar-refractivity contribution in [2.45, 2.75) is 4.90 Å². The summed E-state index contributed by atoms with van der Waals surface area (Å²) in [5.74, 6) is 0.569. The highest BCUT2D eigenvalue weighted by atomic mass is 32.2. The van der Waals surface area contributed by atoms with E-state index in [1.165, 1.54) is 14.1 Å². The van der Waals surface area contributed by atoms with Crippen LogP contribution in [0.1, 0.15) is 0 Å². The fraction of sp³-hybridized carbons (Fsp3) is 0.250. The summed E-state index contributed by atoms with van der Waals surface area (Å²) in [7, 11) is 3.02. The van der Waals surface area contributed by atoms with E-state index >= 15 is 0 Å². The minimum atomic E-state index is -3.75. The highest BCUT2D eigenvalue weighted by Crippen LogP contribution is 2.33. The number of hydrogen-bond acceptors (Lipinski definition) is 9. The van der Waals surface area contributed by atoms with Gasteiger partial charge in [-0.3, -0.25) is 4.98 Å². The molecule has 0 bridgehead atoms. The van der Waals surface area contributed by atoms with E-state index in [0.717, 1.165) is 45.1 Å². The number of fused-ring (bicyclic) bond motifs is 1. The van der Waals surface area contributed by atoms with E-state index in [2.05, 4.69) is 15.3 Å². The Bertz CT molecular complexity index is 1460. The Morgan fingerprint density at radius 2 is 1.71 bits per heavy atom. The average Bonchev–Trinajstić information content (AvgIpc) is 2.86. The number of nitrogens with zero attached hydrogens (tertiary/aromatic N) is 6. The molecular weight excluding hydrogens is 464 g/mol. The molecule has 0 spiro atoms. The Kier molecular flexibility index (Phi) is 6.92. The lowest BCUT2D eigenvalue weighted by atomic mass is 10.0. The Labute approximate surface area is 204 Å². The van der Waals surface area contributed by atoms with Gasteiger partial charge in [0.15, 0.2) is 0 Å². The number of aromatic nitrogens is 4. The van der Waals surface area contributed by atoms with Crippen LogP contribution >= 0.6 is 0 Å². The number of sulfonamides is 1. The van der Waals surface area contributed by atoms with Gasteiger partial charge in [-0.25, -0.2) is 27.7 Å². The molecule has 3 aromatic heterocycles. The number of nitrogens with one attached hydrogen (secondary N) is 1. The van der Waals surface area contributed by atoms with Gasteiger partial charge in [0.1, 0.15) is 10.7 Å².